The lowest BCUT2D eigenvalue weighted by Crippen LogP contribution is -2.43. The molecule has 1 aromatic rings. The molecule has 1 saturated heterocycles. The first-order valence-electron chi connectivity index (χ1n) is 5.43. The number of benzene rings is 1. The monoisotopic (exact) mass is 305 g/mol. The van der Waals surface area contributed by atoms with Crippen LogP contribution < -0.4 is 5.32 Å². The number of carbonyl (C=O) groups is 1. The molecule has 1 aliphatic rings. The van der Waals surface area contributed by atoms with Crippen molar-refractivity contribution in [3.8, 4) is 0 Å². The molecule has 0 radical (unpaired) electrons. The van der Waals surface area contributed by atoms with Crippen LogP contribution in [0.4, 0.5) is 0 Å². The third-order valence-electron chi connectivity index (χ3n) is 2.95. The van der Waals surface area contributed by atoms with E-state index in [0.29, 0.717) is 10.0 Å². The summed E-state index contributed by atoms with van der Waals surface area (Å²) in [6, 6.07) is 4.78. The van der Waals surface area contributed by atoms with Crippen LogP contribution in [-0.4, -0.2) is 21.9 Å². The van der Waals surface area contributed by atoms with Gasteiger partial charge in [-0.15, -0.1) is 11.8 Å². The number of carboxylic acids is 1. The van der Waals surface area contributed by atoms with Gasteiger partial charge in [-0.3, -0.25) is 10.1 Å². The van der Waals surface area contributed by atoms with Crippen LogP contribution in [0.2, 0.25) is 10.0 Å². The van der Waals surface area contributed by atoms with Crippen molar-refractivity contribution in [1.29, 1.82) is 0 Å². The maximum atomic E-state index is 11.2. The van der Waals surface area contributed by atoms with Gasteiger partial charge < -0.3 is 5.11 Å². The Morgan fingerprint density at radius 1 is 1.44 bits per heavy atom. The second-order valence-corrected chi connectivity index (χ2v) is 7.23. The molecule has 0 amide bonds. The van der Waals surface area contributed by atoms with Gasteiger partial charge in [0.1, 0.15) is 6.04 Å². The van der Waals surface area contributed by atoms with Crippen LogP contribution in [0, 0.1) is 0 Å². The number of aliphatic carboxylic acids is 1. The number of carboxylic acid groups (broad SMARTS) is 1. The first-order chi connectivity index (χ1) is 8.33. The molecule has 98 valence electrons. The zero-order chi connectivity index (χ0) is 13.5. The van der Waals surface area contributed by atoms with Crippen molar-refractivity contribution in [1.82, 2.24) is 5.32 Å². The molecule has 0 aromatic heterocycles. The smallest absolute Gasteiger partial charge is 0.322 e. The summed E-state index contributed by atoms with van der Waals surface area (Å²) in [5.41, 5.74) is 0.825. The van der Waals surface area contributed by atoms with Gasteiger partial charge in [-0.25, -0.2) is 0 Å². The van der Waals surface area contributed by atoms with Gasteiger partial charge >= 0.3 is 5.97 Å². The van der Waals surface area contributed by atoms with Crippen molar-refractivity contribution in [2.45, 2.75) is 30.0 Å². The molecule has 0 bridgehead atoms. The summed E-state index contributed by atoms with van der Waals surface area (Å²) < 4.78 is -0.401. The average Bonchev–Trinajstić information content (AvgIpc) is 2.58. The molecule has 0 spiro atoms. The topological polar surface area (TPSA) is 49.3 Å². The Hall–Kier alpha value is -0.420. The maximum Gasteiger partial charge on any atom is 0.322 e. The van der Waals surface area contributed by atoms with Crippen molar-refractivity contribution >= 4 is 40.9 Å². The van der Waals surface area contributed by atoms with E-state index in [1.54, 1.807) is 17.8 Å². The molecule has 1 aliphatic heterocycles. The molecule has 1 heterocycles. The summed E-state index contributed by atoms with van der Waals surface area (Å²) in [4.78, 5) is 11.2. The molecule has 3 nitrogen and oxygen atoms in total. The minimum atomic E-state index is -0.854. The number of thioether (sulfide) groups is 1. The lowest BCUT2D eigenvalue weighted by molar-refractivity contribution is -0.139. The standard InChI is InChI=1S/C12H13Cl2NO2S/c1-12(2)9(11(16)17)15-10(18-12)6-4-3-5-7(13)8(6)14/h3-5,9-10,15H,1-2H3,(H,16,17). The molecular formula is C12H13Cl2NO2S. The van der Waals surface area contributed by atoms with Crippen LogP contribution in [0.5, 0.6) is 0 Å². The molecule has 0 aliphatic carbocycles. The van der Waals surface area contributed by atoms with Gasteiger partial charge in [-0.2, -0.15) is 0 Å². The van der Waals surface area contributed by atoms with E-state index >= 15 is 0 Å². The van der Waals surface area contributed by atoms with Crippen molar-refractivity contribution in [3.05, 3.63) is 33.8 Å². The number of hydrogen-bond acceptors (Lipinski definition) is 3. The van der Waals surface area contributed by atoms with E-state index in [4.69, 9.17) is 23.2 Å². The van der Waals surface area contributed by atoms with Crippen molar-refractivity contribution in [3.63, 3.8) is 0 Å². The predicted molar refractivity (Wildman–Crippen MR) is 75.4 cm³/mol. The summed E-state index contributed by atoms with van der Waals surface area (Å²) in [7, 11) is 0. The maximum absolute atomic E-state index is 11.2. The summed E-state index contributed by atoms with van der Waals surface area (Å²) in [6.45, 7) is 3.81. The molecule has 18 heavy (non-hydrogen) atoms. The van der Waals surface area contributed by atoms with Crippen LogP contribution in [0.3, 0.4) is 0 Å². The average molecular weight is 306 g/mol. The minimum Gasteiger partial charge on any atom is -0.480 e. The Labute approximate surface area is 120 Å². The minimum absolute atomic E-state index is 0.160. The second-order valence-electron chi connectivity index (χ2n) is 4.68. The summed E-state index contributed by atoms with van der Waals surface area (Å²) in [5, 5.41) is 13.1. The van der Waals surface area contributed by atoms with Crippen molar-refractivity contribution in [2.24, 2.45) is 0 Å². The fourth-order valence-corrected chi connectivity index (χ4v) is 3.92. The number of nitrogens with one attached hydrogen (secondary N) is 1. The zero-order valence-electron chi connectivity index (χ0n) is 9.91. The molecule has 0 saturated carbocycles. The highest BCUT2D eigenvalue weighted by Crippen LogP contribution is 2.48. The molecule has 6 heteroatoms. The molecule has 2 rings (SSSR count). The van der Waals surface area contributed by atoms with Gasteiger partial charge in [0, 0.05) is 4.75 Å². The van der Waals surface area contributed by atoms with E-state index in [9.17, 15) is 9.90 Å². The van der Waals surface area contributed by atoms with E-state index in [1.165, 1.54) is 0 Å². The van der Waals surface area contributed by atoms with Crippen molar-refractivity contribution < 1.29 is 9.90 Å². The highest BCUT2D eigenvalue weighted by molar-refractivity contribution is 8.01. The molecule has 1 aromatic carbocycles. The fraction of sp³-hybridized carbons (Fsp3) is 0.417. The van der Waals surface area contributed by atoms with Gasteiger partial charge in [0.05, 0.1) is 15.4 Å². The zero-order valence-corrected chi connectivity index (χ0v) is 12.2. The second kappa shape index (κ2) is 4.93. The molecule has 1 fully saturated rings. The van der Waals surface area contributed by atoms with E-state index in [2.05, 4.69) is 5.32 Å². The Bertz CT molecular complexity index is 493. The van der Waals surface area contributed by atoms with Gasteiger partial charge in [0.25, 0.3) is 0 Å². The first kappa shape index (κ1) is 14.0. The Kier molecular flexibility index (Phi) is 3.83. The third kappa shape index (κ3) is 2.48. The molecule has 2 N–H and O–H groups in total. The van der Waals surface area contributed by atoms with E-state index in [1.807, 2.05) is 26.0 Å². The molecule has 2 atom stereocenters. The van der Waals surface area contributed by atoms with Crippen LogP contribution in [0.1, 0.15) is 24.8 Å². The Morgan fingerprint density at radius 2 is 2.11 bits per heavy atom. The summed E-state index contributed by atoms with van der Waals surface area (Å²) in [5.74, 6) is -0.854. The quantitative estimate of drug-likeness (QED) is 0.877. The Balaban J connectivity index is 2.32. The first-order valence-corrected chi connectivity index (χ1v) is 7.07. The lowest BCUT2D eigenvalue weighted by atomic mass is 10.0. The summed E-state index contributed by atoms with van der Waals surface area (Å²) in [6.07, 6.45) is 0. The number of hydrogen-bond donors (Lipinski definition) is 2. The number of halogens is 2. The largest absolute Gasteiger partial charge is 0.480 e. The van der Waals surface area contributed by atoms with Crippen molar-refractivity contribution in [2.75, 3.05) is 0 Å². The third-order valence-corrected chi connectivity index (χ3v) is 5.25. The fourth-order valence-electron chi connectivity index (χ4n) is 2.00. The van der Waals surface area contributed by atoms with E-state index < -0.39 is 16.8 Å². The van der Waals surface area contributed by atoms with E-state index in [0.717, 1.165) is 5.56 Å². The van der Waals surface area contributed by atoms with Crippen LogP contribution >= 0.6 is 35.0 Å². The van der Waals surface area contributed by atoms with Gasteiger partial charge in [0.2, 0.25) is 0 Å². The van der Waals surface area contributed by atoms with Gasteiger partial charge in [0.15, 0.2) is 0 Å². The van der Waals surface area contributed by atoms with E-state index in [-0.39, 0.29) is 5.37 Å². The van der Waals surface area contributed by atoms with Gasteiger partial charge in [-0.05, 0) is 25.5 Å². The van der Waals surface area contributed by atoms with Crippen LogP contribution in [0.15, 0.2) is 18.2 Å². The lowest BCUT2D eigenvalue weighted by Gasteiger charge is -2.20. The van der Waals surface area contributed by atoms with Crippen LogP contribution in [-0.2, 0) is 4.79 Å². The number of rotatable bonds is 2. The normalized spacial score (nSPS) is 26.2. The highest BCUT2D eigenvalue weighted by atomic mass is 35.5. The Morgan fingerprint density at radius 3 is 2.67 bits per heavy atom. The highest BCUT2D eigenvalue weighted by Gasteiger charge is 2.46. The molecular weight excluding hydrogens is 293 g/mol. The van der Waals surface area contributed by atoms with Gasteiger partial charge in [-0.1, -0.05) is 35.3 Å². The van der Waals surface area contributed by atoms with Crippen LogP contribution in [0.25, 0.3) is 0 Å². The predicted octanol–water partition coefficient (Wildman–Crippen LogP) is 3.56. The molecule has 2 unspecified atom stereocenters. The SMILES string of the molecule is CC1(C)SC(c2cccc(Cl)c2Cl)NC1C(=O)O. The summed E-state index contributed by atoms with van der Waals surface area (Å²) >= 11 is 13.7.